The van der Waals surface area contributed by atoms with Crippen LogP contribution in [0.15, 0.2) is 0 Å². The lowest BCUT2D eigenvalue weighted by Gasteiger charge is -2.16. The number of hydrogen-bond donors (Lipinski definition) is 0. The highest BCUT2D eigenvalue weighted by molar-refractivity contribution is 5.80. The normalized spacial score (nSPS) is 11.3. The minimum atomic E-state index is -0.139. The largest absolute Gasteiger partial charge is 0.466 e. The zero-order valence-electron chi connectivity index (χ0n) is 22.2. The second-order valence-electron chi connectivity index (χ2n) is 9.18. The van der Waals surface area contributed by atoms with E-state index in [-0.39, 0.29) is 11.9 Å². The van der Waals surface area contributed by atoms with Crippen LogP contribution in [0.2, 0.25) is 0 Å². The molecule has 0 spiro atoms. The zero-order valence-corrected chi connectivity index (χ0v) is 22.2. The Balaban J connectivity index is 4.10. The van der Waals surface area contributed by atoms with Gasteiger partial charge in [0.1, 0.15) is 5.78 Å². The molecule has 0 aliphatic rings. The van der Waals surface area contributed by atoms with Crippen molar-refractivity contribution >= 4 is 11.8 Å². The third kappa shape index (κ3) is 22.6. The fourth-order valence-electron chi connectivity index (χ4n) is 3.93. The first-order valence-electron chi connectivity index (χ1n) is 14.0. The lowest BCUT2D eigenvalue weighted by atomic mass is 9.88. The molecule has 0 aliphatic carbocycles. The van der Waals surface area contributed by atoms with Gasteiger partial charge in [-0.1, -0.05) is 59.3 Å². The molecular weight excluding hydrogens is 416 g/mol. The number of ether oxygens (including phenoxy) is 3. The van der Waals surface area contributed by atoms with Crippen molar-refractivity contribution in [3.05, 3.63) is 0 Å². The third-order valence-electron chi connectivity index (χ3n) is 5.95. The Morgan fingerprint density at radius 2 is 1.06 bits per heavy atom. The van der Waals surface area contributed by atoms with Gasteiger partial charge >= 0.3 is 5.97 Å². The molecule has 0 aromatic rings. The van der Waals surface area contributed by atoms with Crippen molar-refractivity contribution in [3.63, 3.8) is 0 Å². The fourth-order valence-corrected chi connectivity index (χ4v) is 3.93. The van der Waals surface area contributed by atoms with Crippen LogP contribution in [0.1, 0.15) is 130 Å². The monoisotopic (exact) mass is 470 g/mol. The molecule has 0 aromatic heterocycles. The Bertz CT molecular complexity index is 418. The Morgan fingerprint density at radius 1 is 0.576 bits per heavy atom. The summed E-state index contributed by atoms with van der Waals surface area (Å²) in [5.41, 5.74) is 0. The lowest BCUT2D eigenvalue weighted by molar-refractivity contribution is -0.143. The summed E-state index contributed by atoms with van der Waals surface area (Å²) in [5.74, 6) is 0.522. The highest BCUT2D eigenvalue weighted by Gasteiger charge is 2.17. The zero-order chi connectivity index (χ0) is 24.4. The van der Waals surface area contributed by atoms with Gasteiger partial charge in [0.15, 0.2) is 0 Å². The van der Waals surface area contributed by atoms with Crippen LogP contribution in [0.4, 0.5) is 0 Å². The van der Waals surface area contributed by atoms with Crippen molar-refractivity contribution in [2.24, 2.45) is 5.92 Å². The molecule has 0 unspecified atom stereocenters. The molecule has 0 aromatic carbocycles. The van der Waals surface area contributed by atoms with Crippen LogP contribution in [0.3, 0.4) is 0 Å². The van der Waals surface area contributed by atoms with Crippen molar-refractivity contribution in [3.8, 4) is 0 Å². The summed E-state index contributed by atoms with van der Waals surface area (Å²) in [6.07, 6.45) is 17.3. The van der Waals surface area contributed by atoms with E-state index >= 15 is 0 Å². The van der Waals surface area contributed by atoms with Crippen LogP contribution in [0.25, 0.3) is 0 Å². The highest BCUT2D eigenvalue weighted by Crippen LogP contribution is 2.22. The predicted molar refractivity (Wildman–Crippen MR) is 137 cm³/mol. The van der Waals surface area contributed by atoms with Crippen LogP contribution in [0.5, 0.6) is 0 Å². The molecule has 0 N–H and O–H groups in total. The lowest BCUT2D eigenvalue weighted by Crippen LogP contribution is -2.15. The third-order valence-corrected chi connectivity index (χ3v) is 5.95. The van der Waals surface area contributed by atoms with E-state index in [4.69, 9.17) is 14.2 Å². The molecule has 0 rings (SSSR count). The number of esters is 1. The smallest absolute Gasteiger partial charge is 0.305 e. The topological polar surface area (TPSA) is 61.8 Å². The predicted octanol–water partition coefficient (Wildman–Crippen LogP) is 7.44. The number of Topliss-reactive ketones (excluding diaryl/α,β-unsaturated/α-hetero) is 1. The van der Waals surface area contributed by atoms with Gasteiger partial charge in [-0.2, -0.15) is 0 Å². The maximum atomic E-state index is 12.9. The number of unbranched alkanes of at least 4 members (excludes halogenated alkanes) is 8. The van der Waals surface area contributed by atoms with Crippen LogP contribution in [0, 0.1) is 5.92 Å². The van der Waals surface area contributed by atoms with Crippen LogP contribution in [-0.2, 0) is 23.8 Å². The summed E-state index contributed by atoms with van der Waals surface area (Å²) >= 11 is 0. The summed E-state index contributed by atoms with van der Waals surface area (Å²) in [6.45, 7) is 10.0. The molecule has 0 saturated heterocycles. The summed E-state index contributed by atoms with van der Waals surface area (Å²) in [5, 5.41) is 0. The minimum absolute atomic E-state index is 0.139. The van der Waals surface area contributed by atoms with E-state index in [0.29, 0.717) is 25.2 Å². The molecule has 0 atom stereocenters. The fraction of sp³-hybridized carbons (Fsp3) is 0.929. The average molecular weight is 471 g/mol. The number of carbonyl (C=O) groups excluding carboxylic acids is 2. The van der Waals surface area contributed by atoms with Gasteiger partial charge in [0.25, 0.3) is 0 Å². The minimum Gasteiger partial charge on any atom is -0.466 e. The average Bonchev–Trinajstić information content (AvgIpc) is 2.82. The van der Waals surface area contributed by atoms with Gasteiger partial charge in [0.05, 0.1) is 6.61 Å². The van der Waals surface area contributed by atoms with E-state index in [1.54, 1.807) is 0 Å². The molecule has 0 saturated carbocycles. The first kappa shape index (κ1) is 32.1. The molecule has 5 nitrogen and oxygen atoms in total. The molecular formula is C28H54O5. The first-order valence-corrected chi connectivity index (χ1v) is 14.0. The quantitative estimate of drug-likeness (QED) is 0.0971. The van der Waals surface area contributed by atoms with E-state index in [0.717, 1.165) is 97.1 Å². The second-order valence-corrected chi connectivity index (χ2v) is 9.18. The maximum absolute atomic E-state index is 12.9. The van der Waals surface area contributed by atoms with Crippen LogP contribution < -0.4 is 0 Å². The second kappa shape index (κ2) is 25.7. The van der Waals surface area contributed by atoms with Gasteiger partial charge in [-0.15, -0.1) is 0 Å². The molecule has 0 bridgehead atoms. The maximum Gasteiger partial charge on any atom is 0.305 e. The number of ketones is 1. The molecule has 0 radical (unpaired) electrons. The Labute approximate surface area is 204 Å². The Kier molecular flexibility index (Phi) is 24.9. The van der Waals surface area contributed by atoms with Crippen molar-refractivity contribution in [1.82, 2.24) is 0 Å². The molecule has 5 heteroatoms. The first-order chi connectivity index (χ1) is 16.2. The van der Waals surface area contributed by atoms with Crippen LogP contribution in [-0.4, -0.2) is 44.8 Å². The molecule has 0 amide bonds. The molecule has 196 valence electrons. The van der Waals surface area contributed by atoms with Gasteiger partial charge in [-0.05, 0) is 57.8 Å². The summed E-state index contributed by atoms with van der Waals surface area (Å²) in [7, 11) is 0. The van der Waals surface area contributed by atoms with Crippen LogP contribution >= 0.6 is 0 Å². The van der Waals surface area contributed by atoms with Gasteiger partial charge in [-0.3, -0.25) is 9.59 Å². The van der Waals surface area contributed by atoms with E-state index < -0.39 is 0 Å². The standard InChI is InChI=1S/C28H54O5/c1-4-21-31-23-15-9-7-12-18-26(19-13-8-10-16-24-32-22-5-2)27(29)20-14-11-17-25-33-28(30)6-3/h26H,4-25H2,1-3H3. The van der Waals surface area contributed by atoms with Gasteiger partial charge in [-0.25, -0.2) is 0 Å². The van der Waals surface area contributed by atoms with Gasteiger partial charge < -0.3 is 14.2 Å². The van der Waals surface area contributed by atoms with Gasteiger partial charge in [0, 0.05) is 45.2 Å². The molecule has 0 aliphatic heterocycles. The van der Waals surface area contributed by atoms with Crippen molar-refractivity contribution in [1.29, 1.82) is 0 Å². The summed E-state index contributed by atoms with van der Waals surface area (Å²) < 4.78 is 16.2. The molecule has 0 heterocycles. The molecule has 33 heavy (non-hydrogen) atoms. The van der Waals surface area contributed by atoms with Gasteiger partial charge in [0.2, 0.25) is 0 Å². The van der Waals surface area contributed by atoms with E-state index in [1.807, 2.05) is 6.92 Å². The number of rotatable bonds is 26. The number of carbonyl (C=O) groups is 2. The Morgan fingerprint density at radius 3 is 1.58 bits per heavy atom. The Hall–Kier alpha value is -0.940. The highest BCUT2D eigenvalue weighted by atomic mass is 16.5. The van der Waals surface area contributed by atoms with Crippen molar-refractivity contribution in [2.45, 2.75) is 130 Å². The van der Waals surface area contributed by atoms with E-state index in [1.165, 1.54) is 25.7 Å². The van der Waals surface area contributed by atoms with E-state index in [2.05, 4.69) is 13.8 Å². The SMILES string of the molecule is CCCOCCCCCCC(CCCCCCOCCC)C(=O)CCCCCOC(=O)CC. The van der Waals surface area contributed by atoms with E-state index in [9.17, 15) is 9.59 Å². The molecule has 0 fully saturated rings. The number of hydrogen-bond acceptors (Lipinski definition) is 5. The van der Waals surface area contributed by atoms with Crippen molar-refractivity contribution in [2.75, 3.05) is 33.0 Å². The summed E-state index contributed by atoms with van der Waals surface area (Å²) in [6, 6.07) is 0. The summed E-state index contributed by atoms with van der Waals surface area (Å²) in [4.78, 5) is 24.1. The van der Waals surface area contributed by atoms with Crippen molar-refractivity contribution < 1.29 is 23.8 Å².